The van der Waals surface area contributed by atoms with Gasteiger partial charge in [-0.2, -0.15) is 5.10 Å². The molecule has 0 spiro atoms. The molecule has 2 aromatic heterocycles. The Balaban J connectivity index is 1.68. The molecule has 0 saturated carbocycles. The zero-order valence-corrected chi connectivity index (χ0v) is 23.3. The lowest BCUT2D eigenvalue weighted by molar-refractivity contribution is 0.0356. The number of rotatable bonds is 11. The Morgan fingerprint density at radius 2 is 1.86 bits per heavy atom. The second-order valence-electron chi connectivity index (χ2n) is 8.70. The second-order valence-corrected chi connectivity index (χ2v) is 10.1. The first-order valence-corrected chi connectivity index (χ1v) is 13.4. The number of imidazole rings is 1. The van der Waals surface area contributed by atoms with Crippen molar-refractivity contribution in [3.8, 4) is 5.95 Å². The molecule has 4 aromatic rings. The molecule has 0 bridgehead atoms. The third-order valence-corrected chi connectivity index (χ3v) is 7.45. The lowest BCUT2D eigenvalue weighted by Crippen LogP contribution is -2.12. The van der Waals surface area contributed by atoms with Crippen LogP contribution in [0.1, 0.15) is 39.5 Å². The number of aryl methyl sites for hydroxylation is 3. The van der Waals surface area contributed by atoms with Gasteiger partial charge in [-0.25, -0.2) is 14.5 Å². The minimum atomic E-state index is -0.434. The van der Waals surface area contributed by atoms with Crippen LogP contribution in [0.5, 0.6) is 0 Å². The van der Waals surface area contributed by atoms with Gasteiger partial charge < -0.3 is 14.2 Å². The van der Waals surface area contributed by atoms with Gasteiger partial charge in [-0.1, -0.05) is 29.3 Å². The first-order valence-electron chi connectivity index (χ1n) is 12.0. The zero-order valence-electron chi connectivity index (χ0n) is 21.7. The molecule has 0 atom stereocenters. The molecular weight excluding hydrogens is 512 g/mol. The zero-order chi connectivity index (χ0) is 26.5. The van der Waals surface area contributed by atoms with Gasteiger partial charge in [0.2, 0.25) is 5.95 Å². The summed E-state index contributed by atoms with van der Waals surface area (Å²) in [6.45, 7) is 9.56. The summed E-state index contributed by atoms with van der Waals surface area (Å²) in [6, 6.07) is 8.31. The van der Waals surface area contributed by atoms with Gasteiger partial charge in [-0.3, -0.25) is 4.57 Å². The van der Waals surface area contributed by atoms with Crippen LogP contribution in [0.4, 0.5) is 0 Å². The number of hydrogen-bond acceptors (Lipinski definition) is 7. The smallest absolute Gasteiger partial charge is 0.341 e. The van der Waals surface area contributed by atoms with E-state index in [0.29, 0.717) is 29.7 Å². The average molecular weight is 543 g/mol. The number of thioether (sulfide) groups is 1. The first-order chi connectivity index (χ1) is 17.8. The van der Waals surface area contributed by atoms with E-state index in [2.05, 4.69) is 38.0 Å². The van der Waals surface area contributed by atoms with Gasteiger partial charge in [-0.15, -0.1) is 11.8 Å². The van der Waals surface area contributed by atoms with Crippen molar-refractivity contribution >= 4 is 40.4 Å². The lowest BCUT2D eigenvalue weighted by atomic mass is 10.0. The van der Waals surface area contributed by atoms with Crippen molar-refractivity contribution in [2.75, 3.05) is 26.9 Å². The van der Waals surface area contributed by atoms with Crippen molar-refractivity contribution in [2.24, 2.45) is 0 Å². The minimum Gasteiger partial charge on any atom is -0.462 e. The van der Waals surface area contributed by atoms with Crippen molar-refractivity contribution in [3.63, 3.8) is 0 Å². The average Bonchev–Trinajstić information content (AvgIpc) is 3.46. The molecule has 10 heteroatoms. The SMILES string of the molecule is CCOC(=O)c1cnn(-c2nc3cc(SCc4c(C)cc(C)cc4C)c(Cl)cc3n2COCCOC)c1. The minimum absolute atomic E-state index is 0.217. The maximum atomic E-state index is 12.2. The fourth-order valence-electron chi connectivity index (χ4n) is 4.16. The molecule has 4 rings (SSSR count). The molecule has 0 aliphatic carbocycles. The van der Waals surface area contributed by atoms with E-state index in [1.807, 2.05) is 16.7 Å². The quantitative estimate of drug-likeness (QED) is 0.133. The number of esters is 1. The molecule has 0 saturated heterocycles. The molecule has 37 heavy (non-hydrogen) atoms. The molecule has 0 aliphatic heterocycles. The van der Waals surface area contributed by atoms with Crippen LogP contribution in [0.3, 0.4) is 0 Å². The second kappa shape index (κ2) is 12.1. The molecule has 196 valence electrons. The summed E-state index contributed by atoms with van der Waals surface area (Å²) in [5.74, 6) is 0.876. The molecular formula is C27H31ClN4O4S. The van der Waals surface area contributed by atoms with Crippen molar-refractivity contribution < 1.29 is 19.0 Å². The van der Waals surface area contributed by atoms with Crippen LogP contribution in [0.2, 0.25) is 5.02 Å². The topological polar surface area (TPSA) is 80.4 Å². The van der Waals surface area contributed by atoms with Crippen molar-refractivity contribution in [3.05, 3.63) is 69.5 Å². The normalized spacial score (nSPS) is 11.4. The number of benzene rings is 2. The van der Waals surface area contributed by atoms with E-state index in [1.165, 1.54) is 28.5 Å². The van der Waals surface area contributed by atoms with Gasteiger partial charge in [0.1, 0.15) is 6.73 Å². The van der Waals surface area contributed by atoms with Gasteiger partial charge in [0.05, 0.1) is 47.6 Å². The molecule has 0 unspecified atom stereocenters. The summed E-state index contributed by atoms with van der Waals surface area (Å²) in [4.78, 5) is 17.9. The summed E-state index contributed by atoms with van der Waals surface area (Å²) in [5.41, 5.74) is 7.03. The number of methoxy groups -OCH3 is 1. The van der Waals surface area contributed by atoms with Gasteiger partial charge in [0.25, 0.3) is 0 Å². The van der Waals surface area contributed by atoms with E-state index in [4.69, 9.17) is 30.8 Å². The third kappa shape index (κ3) is 6.18. The van der Waals surface area contributed by atoms with Crippen molar-refractivity contribution in [2.45, 2.75) is 45.1 Å². The molecule has 0 N–H and O–H groups in total. The molecule has 0 radical (unpaired) electrons. The fourth-order valence-corrected chi connectivity index (χ4v) is 5.63. The van der Waals surface area contributed by atoms with Gasteiger partial charge >= 0.3 is 5.97 Å². The number of aromatic nitrogens is 4. The maximum Gasteiger partial charge on any atom is 0.341 e. The Morgan fingerprint density at radius 1 is 1.11 bits per heavy atom. The van der Waals surface area contributed by atoms with Crippen molar-refractivity contribution in [1.29, 1.82) is 0 Å². The number of carbonyl (C=O) groups excluding carboxylic acids is 1. The van der Waals surface area contributed by atoms with Crippen LogP contribution in [0, 0.1) is 20.8 Å². The Hall–Kier alpha value is -2.85. The maximum absolute atomic E-state index is 12.2. The van der Waals surface area contributed by atoms with E-state index >= 15 is 0 Å². The molecule has 0 fully saturated rings. The number of halogens is 1. The van der Waals surface area contributed by atoms with Crippen LogP contribution in [-0.2, 0) is 26.7 Å². The van der Waals surface area contributed by atoms with Crippen molar-refractivity contribution in [1.82, 2.24) is 19.3 Å². The number of fused-ring (bicyclic) bond motifs is 1. The summed E-state index contributed by atoms with van der Waals surface area (Å²) < 4.78 is 19.4. The third-order valence-electron chi connectivity index (χ3n) is 5.94. The summed E-state index contributed by atoms with van der Waals surface area (Å²) in [5, 5.41) is 4.99. The standard InChI is InChI=1S/C27H31ClN4O4S/c1-6-36-26(33)20-13-29-32(14-20)27-30-23-12-25(37-15-21-18(3)9-17(2)10-19(21)4)22(28)11-24(23)31(27)16-35-8-7-34-5/h9-14H,6-8,15-16H2,1-5H3. The van der Waals surface area contributed by atoms with Gasteiger partial charge in [-0.05, 0) is 56.5 Å². The van der Waals surface area contributed by atoms with E-state index in [-0.39, 0.29) is 13.3 Å². The number of carbonyl (C=O) groups is 1. The van der Waals surface area contributed by atoms with E-state index in [9.17, 15) is 4.79 Å². The number of hydrogen-bond donors (Lipinski definition) is 0. The Morgan fingerprint density at radius 3 is 2.57 bits per heavy atom. The summed E-state index contributed by atoms with van der Waals surface area (Å²) in [7, 11) is 1.63. The predicted octanol–water partition coefficient (Wildman–Crippen LogP) is 5.89. The van der Waals surface area contributed by atoms with E-state index in [0.717, 1.165) is 21.7 Å². The molecule has 2 aromatic carbocycles. The van der Waals surface area contributed by atoms with Gasteiger partial charge in [0.15, 0.2) is 0 Å². The van der Waals surface area contributed by atoms with Crippen LogP contribution in [0.25, 0.3) is 17.0 Å². The molecule has 8 nitrogen and oxygen atoms in total. The number of ether oxygens (including phenoxy) is 3. The van der Waals surface area contributed by atoms with Crippen LogP contribution in [0.15, 0.2) is 41.6 Å². The highest BCUT2D eigenvalue weighted by Crippen LogP contribution is 2.35. The highest BCUT2D eigenvalue weighted by atomic mass is 35.5. The van der Waals surface area contributed by atoms with Gasteiger partial charge in [0, 0.05) is 24.0 Å². The molecule has 0 amide bonds. The summed E-state index contributed by atoms with van der Waals surface area (Å²) >= 11 is 8.44. The largest absolute Gasteiger partial charge is 0.462 e. The Kier molecular flexibility index (Phi) is 8.91. The molecule has 0 aliphatic rings. The van der Waals surface area contributed by atoms with Crippen LogP contribution >= 0.6 is 23.4 Å². The van der Waals surface area contributed by atoms with Crippen LogP contribution < -0.4 is 0 Å². The predicted molar refractivity (Wildman–Crippen MR) is 146 cm³/mol. The highest BCUT2D eigenvalue weighted by molar-refractivity contribution is 7.98. The Labute approximate surface area is 225 Å². The monoisotopic (exact) mass is 542 g/mol. The fraction of sp³-hybridized carbons (Fsp3) is 0.370. The highest BCUT2D eigenvalue weighted by Gasteiger charge is 2.19. The summed E-state index contributed by atoms with van der Waals surface area (Å²) in [6.07, 6.45) is 3.07. The van der Waals surface area contributed by atoms with Crippen LogP contribution in [-0.4, -0.2) is 52.2 Å². The molecule has 2 heterocycles. The first kappa shape index (κ1) is 27.2. The van der Waals surface area contributed by atoms with E-state index < -0.39 is 5.97 Å². The Bertz CT molecular complexity index is 1390. The van der Waals surface area contributed by atoms with E-state index in [1.54, 1.807) is 36.7 Å². The number of nitrogens with zero attached hydrogens (tertiary/aromatic N) is 4. The lowest BCUT2D eigenvalue weighted by Gasteiger charge is -2.12.